The van der Waals surface area contributed by atoms with Gasteiger partial charge in [-0.15, -0.1) is 0 Å². The standard InChI is InChI=1S/C26H23FN2O5/c1-2-33-26(32)34-23-13-9-20(10-14-23)25(31)29-22-5-3-4-19(16-22)17-28-24(30)15-8-18-6-11-21(27)12-7-18/h3-16H,2,17H2,1H3,(H,28,30)(H,29,31)/b15-8+. The molecule has 7 nitrogen and oxygen atoms in total. The van der Waals surface area contributed by atoms with Gasteiger partial charge in [-0.25, -0.2) is 9.18 Å². The first-order valence-corrected chi connectivity index (χ1v) is 10.5. The molecule has 34 heavy (non-hydrogen) atoms. The highest BCUT2D eigenvalue weighted by Crippen LogP contribution is 2.16. The van der Waals surface area contributed by atoms with Gasteiger partial charge in [0.1, 0.15) is 11.6 Å². The maximum absolute atomic E-state index is 12.9. The molecule has 0 heterocycles. The van der Waals surface area contributed by atoms with E-state index in [0.29, 0.717) is 16.8 Å². The molecule has 3 aromatic rings. The average molecular weight is 462 g/mol. The molecule has 0 aliphatic carbocycles. The van der Waals surface area contributed by atoms with Crippen molar-refractivity contribution in [3.8, 4) is 5.75 Å². The van der Waals surface area contributed by atoms with Gasteiger partial charge in [0.2, 0.25) is 5.91 Å². The third-order valence-electron chi connectivity index (χ3n) is 4.53. The van der Waals surface area contributed by atoms with Crippen molar-refractivity contribution >= 4 is 29.7 Å². The second kappa shape index (κ2) is 12.0. The third kappa shape index (κ3) is 7.59. The van der Waals surface area contributed by atoms with Crippen molar-refractivity contribution in [2.75, 3.05) is 11.9 Å². The molecule has 0 spiro atoms. The molecule has 3 aromatic carbocycles. The Balaban J connectivity index is 1.52. The highest BCUT2D eigenvalue weighted by Gasteiger charge is 2.09. The number of nitrogens with one attached hydrogen (secondary N) is 2. The van der Waals surface area contributed by atoms with Gasteiger partial charge < -0.3 is 20.1 Å². The molecule has 2 N–H and O–H groups in total. The SMILES string of the molecule is CCOC(=O)Oc1ccc(C(=O)Nc2cccc(CNC(=O)/C=C/c3ccc(F)cc3)c2)cc1. The molecule has 0 saturated heterocycles. The Bertz CT molecular complexity index is 1170. The number of halogens is 1. The molecule has 0 aliphatic rings. The van der Waals surface area contributed by atoms with E-state index in [1.807, 2.05) is 6.07 Å². The molecule has 0 unspecified atom stereocenters. The van der Waals surface area contributed by atoms with Crippen LogP contribution in [0.5, 0.6) is 5.75 Å². The Kier molecular flexibility index (Phi) is 8.51. The number of carbonyl (C=O) groups excluding carboxylic acids is 3. The summed E-state index contributed by atoms with van der Waals surface area (Å²) in [6.45, 7) is 2.13. The van der Waals surface area contributed by atoms with Crippen LogP contribution < -0.4 is 15.4 Å². The third-order valence-corrected chi connectivity index (χ3v) is 4.53. The Hall–Kier alpha value is -4.46. The molecule has 0 atom stereocenters. The van der Waals surface area contributed by atoms with Crippen LogP contribution in [0.3, 0.4) is 0 Å². The summed E-state index contributed by atoms with van der Waals surface area (Å²) >= 11 is 0. The molecule has 3 rings (SSSR count). The summed E-state index contributed by atoms with van der Waals surface area (Å²) in [6.07, 6.45) is 2.15. The molecule has 0 aliphatic heterocycles. The lowest BCUT2D eigenvalue weighted by Gasteiger charge is -2.09. The number of ether oxygens (including phenoxy) is 2. The fourth-order valence-corrected chi connectivity index (χ4v) is 2.87. The molecule has 0 fully saturated rings. The van der Waals surface area contributed by atoms with Crippen LogP contribution in [-0.4, -0.2) is 24.6 Å². The molecule has 2 amide bonds. The van der Waals surface area contributed by atoms with E-state index in [-0.39, 0.29) is 36.5 Å². The summed E-state index contributed by atoms with van der Waals surface area (Å²) < 4.78 is 22.6. The lowest BCUT2D eigenvalue weighted by molar-refractivity contribution is -0.116. The smallest absolute Gasteiger partial charge is 0.434 e. The van der Waals surface area contributed by atoms with Crippen molar-refractivity contribution in [1.29, 1.82) is 0 Å². The van der Waals surface area contributed by atoms with Crippen molar-refractivity contribution in [1.82, 2.24) is 5.32 Å². The van der Waals surface area contributed by atoms with Crippen LogP contribution >= 0.6 is 0 Å². The highest BCUT2D eigenvalue weighted by atomic mass is 19.1. The number of rotatable bonds is 8. The second-order valence-corrected chi connectivity index (χ2v) is 7.07. The first kappa shape index (κ1) is 24.2. The molecular weight excluding hydrogens is 439 g/mol. The van der Waals surface area contributed by atoms with Crippen LogP contribution in [0.25, 0.3) is 6.08 Å². The van der Waals surface area contributed by atoms with Crippen LogP contribution in [-0.2, 0) is 16.1 Å². The van der Waals surface area contributed by atoms with Crippen LogP contribution in [0, 0.1) is 5.82 Å². The Labute approximate surface area is 196 Å². The minimum absolute atomic E-state index is 0.203. The van der Waals surface area contributed by atoms with Crippen LogP contribution in [0.1, 0.15) is 28.4 Å². The van der Waals surface area contributed by atoms with Crippen LogP contribution in [0.15, 0.2) is 78.9 Å². The van der Waals surface area contributed by atoms with Crippen molar-refractivity contribution in [2.45, 2.75) is 13.5 Å². The molecule has 0 bridgehead atoms. The normalized spacial score (nSPS) is 10.5. The van der Waals surface area contributed by atoms with Gasteiger partial charge in [-0.1, -0.05) is 24.3 Å². The lowest BCUT2D eigenvalue weighted by Crippen LogP contribution is -2.20. The highest BCUT2D eigenvalue weighted by molar-refractivity contribution is 6.04. The van der Waals surface area contributed by atoms with Gasteiger partial charge in [0, 0.05) is 23.9 Å². The van der Waals surface area contributed by atoms with Crippen molar-refractivity contribution < 1.29 is 28.2 Å². The maximum Gasteiger partial charge on any atom is 0.513 e. The van der Waals surface area contributed by atoms with Crippen LogP contribution in [0.4, 0.5) is 14.9 Å². The summed E-state index contributed by atoms with van der Waals surface area (Å²) in [4.78, 5) is 35.9. The van der Waals surface area contributed by atoms with Gasteiger partial charge in [0.15, 0.2) is 0 Å². The largest absolute Gasteiger partial charge is 0.513 e. The molecule has 8 heteroatoms. The topological polar surface area (TPSA) is 93.7 Å². The molecule has 0 saturated carbocycles. The summed E-state index contributed by atoms with van der Waals surface area (Å²) in [7, 11) is 0. The van der Waals surface area contributed by atoms with Crippen LogP contribution in [0.2, 0.25) is 0 Å². The number of carbonyl (C=O) groups is 3. The monoisotopic (exact) mass is 462 g/mol. The number of benzene rings is 3. The number of amides is 2. The number of anilines is 1. The summed E-state index contributed by atoms with van der Waals surface area (Å²) in [5.74, 6) is -0.718. The fraction of sp³-hybridized carbons (Fsp3) is 0.115. The summed E-state index contributed by atoms with van der Waals surface area (Å²) in [6, 6.07) is 18.9. The zero-order valence-corrected chi connectivity index (χ0v) is 18.4. The minimum atomic E-state index is -0.811. The predicted octanol–water partition coefficient (Wildman–Crippen LogP) is 4.94. The molecule has 174 valence electrons. The average Bonchev–Trinajstić information content (AvgIpc) is 2.83. The van der Waals surface area contributed by atoms with E-state index in [9.17, 15) is 18.8 Å². The van der Waals surface area contributed by atoms with E-state index in [4.69, 9.17) is 9.47 Å². The predicted molar refractivity (Wildman–Crippen MR) is 126 cm³/mol. The van der Waals surface area contributed by atoms with Gasteiger partial charge in [-0.2, -0.15) is 0 Å². The molecule has 0 aromatic heterocycles. The van der Waals surface area contributed by atoms with Gasteiger partial charge in [-0.3, -0.25) is 9.59 Å². The lowest BCUT2D eigenvalue weighted by atomic mass is 10.1. The van der Waals surface area contributed by atoms with Gasteiger partial charge in [-0.05, 0) is 72.7 Å². The first-order valence-electron chi connectivity index (χ1n) is 10.5. The fourth-order valence-electron chi connectivity index (χ4n) is 2.87. The summed E-state index contributed by atoms with van der Waals surface area (Å²) in [5.41, 5.74) is 2.44. The molecule has 0 radical (unpaired) electrons. The van der Waals surface area contributed by atoms with Crippen molar-refractivity contribution in [3.63, 3.8) is 0 Å². The van der Waals surface area contributed by atoms with E-state index in [1.165, 1.54) is 42.5 Å². The number of hydrogen-bond donors (Lipinski definition) is 2. The first-order chi connectivity index (χ1) is 16.4. The summed E-state index contributed by atoms with van der Waals surface area (Å²) in [5, 5.41) is 5.55. The Morgan fingerprint density at radius 2 is 1.71 bits per heavy atom. The van der Waals surface area contributed by atoms with E-state index >= 15 is 0 Å². The minimum Gasteiger partial charge on any atom is -0.434 e. The van der Waals surface area contributed by atoms with Gasteiger partial charge in [0.25, 0.3) is 5.91 Å². The van der Waals surface area contributed by atoms with E-state index in [0.717, 1.165) is 5.56 Å². The zero-order valence-electron chi connectivity index (χ0n) is 18.4. The number of hydrogen-bond acceptors (Lipinski definition) is 5. The Morgan fingerprint density at radius 3 is 2.41 bits per heavy atom. The van der Waals surface area contributed by atoms with Gasteiger partial charge >= 0.3 is 6.16 Å². The zero-order chi connectivity index (χ0) is 24.3. The molecular formula is C26H23FN2O5. The van der Waals surface area contributed by atoms with Crippen molar-refractivity contribution in [2.24, 2.45) is 0 Å². The van der Waals surface area contributed by atoms with Crippen molar-refractivity contribution in [3.05, 3.63) is 101 Å². The Morgan fingerprint density at radius 1 is 0.971 bits per heavy atom. The maximum atomic E-state index is 12.9. The second-order valence-electron chi connectivity index (χ2n) is 7.07. The quantitative estimate of drug-likeness (QED) is 0.281. The van der Waals surface area contributed by atoms with E-state index < -0.39 is 6.16 Å². The van der Waals surface area contributed by atoms with E-state index in [1.54, 1.807) is 43.3 Å². The van der Waals surface area contributed by atoms with Gasteiger partial charge in [0.05, 0.1) is 6.61 Å². The van der Waals surface area contributed by atoms with E-state index in [2.05, 4.69) is 10.6 Å².